The van der Waals surface area contributed by atoms with Gasteiger partial charge in [0.05, 0.1) is 6.10 Å². The molecule has 2 aliphatic carbocycles. The van der Waals surface area contributed by atoms with Gasteiger partial charge < -0.3 is 15.2 Å². The molecule has 1 unspecified atom stereocenters. The minimum Gasteiger partial charge on any atom is -0.480 e. The van der Waals surface area contributed by atoms with Crippen LogP contribution in [-0.4, -0.2) is 40.7 Å². The molecule has 6 nitrogen and oxygen atoms in total. The number of nitrogens with zero attached hydrogens (tertiary/aromatic N) is 1. The highest BCUT2D eigenvalue weighted by atomic mass is 16.5. The number of hydrogen-bond donors (Lipinski definition) is 2. The molecule has 1 aromatic heterocycles. The summed E-state index contributed by atoms with van der Waals surface area (Å²) >= 11 is 0. The Morgan fingerprint density at radius 2 is 1.97 bits per heavy atom. The van der Waals surface area contributed by atoms with E-state index in [1.165, 1.54) is 36.2 Å². The van der Waals surface area contributed by atoms with Gasteiger partial charge in [0.15, 0.2) is 0 Å². The number of ether oxygens (including phenoxy) is 1. The fourth-order valence-electron chi connectivity index (χ4n) is 4.15. The number of fused-ring (bicyclic) bond motifs is 1. The van der Waals surface area contributed by atoms with Crippen molar-refractivity contribution in [2.75, 3.05) is 6.61 Å². The van der Waals surface area contributed by atoms with E-state index in [9.17, 15) is 14.7 Å². The zero-order valence-corrected chi connectivity index (χ0v) is 18.6. The first kappa shape index (κ1) is 22.7. The standard InChI is InChI=1S/C24H36N2O4/c1-24(2,3)23(29)26-21(22(27)28)12-13-30-19-14-16(15-19)8-10-18-11-9-17-6-4-5-7-20(17)25-18/h9,11,16,19,21H,4-8,10,12-15H2,1-3H3,(H,26,29)(H,27,28). The summed E-state index contributed by atoms with van der Waals surface area (Å²) in [5.41, 5.74) is 3.34. The lowest BCUT2D eigenvalue weighted by molar-refractivity contribution is -0.144. The normalized spacial score (nSPS) is 22.0. The molecular formula is C24H36N2O4. The molecule has 1 atom stereocenters. The van der Waals surface area contributed by atoms with Crippen LogP contribution in [0.2, 0.25) is 0 Å². The van der Waals surface area contributed by atoms with E-state index in [4.69, 9.17) is 9.72 Å². The number of carbonyl (C=O) groups is 2. The van der Waals surface area contributed by atoms with Crippen LogP contribution in [0.4, 0.5) is 0 Å². The molecule has 1 amide bonds. The van der Waals surface area contributed by atoms with Crippen molar-refractivity contribution < 1.29 is 19.4 Å². The van der Waals surface area contributed by atoms with E-state index in [1.54, 1.807) is 20.8 Å². The molecule has 6 heteroatoms. The Morgan fingerprint density at radius 1 is 1.23 bits per heavy atom. The molecule has 166 valence electrons. The molecule has 1 aromatic rings. The summed E-state index contributed by atoms with van der Waals surface area (Å²) in [6.07, 6.45) is 9.53. The van der Waals surface area contributed by atoms with E-state index >= 15 is 0 Å². The van der Waals surface area contributed by atoms with Gasteiger partial charge in [-0.1, -0.05) is 26.8 Å². The minimum atomic E-state index is -1.01. The average molecular weight is 417 g/mol. The van der Waals surface area contributed by atoms with Crippen molar-refractivity contribution in [1.82, 2.24) is 10.3 Å². The maximum Gasteiger partial charge on any atom is 0.326 e. The number of hydrogen-bond acceptors (Lipinski definition) is 4. The molecular weight excluding hydrogens is 380 g/mol. The topological polar surface area (TPSA) is 88.5 Å². The van der Waals surface area contributed by atoms with E-state index in [-0.39, 0.29) is 18.4 Å². The van der Waals surface area contributed by atoms with E-state index in [2.05, 4.69) is 17.4 Å². The molecule has 1 saturated carbocycles. The Balaban J connectivity index is 1.33. The van der Waals surface area contributed by atoms with Gasteiger partial charge in [-0.3, -0.25) is 9.78 Å². The molecule has 1 fully saturated rings. The van der Waals surface area contributed by atoms with Gasteiger partial charge in [0.2, 0.25) is 5.91 Å². The Bertz CT molecular complexity index is 750. The predicted molar refractivity (Wildman–Crippen MR) is 115 cm³/mol. The maximum atomic E-state index is 12.0. The zero-order valence-electron chi connectivity index (χ0n) is 18.6. The molecule has 0 spiro atoms. The van der Waals surface area contributed by atoms with E-state index in [0.29, 0.717) is 12.5 Å². The summed E-state index contributed by atoms with van der Waals surface area (Å²) in [6.45, 7) is 5.66. The van der Waals surface area contributed by atoms with Crippen molar-refractivity contribution in [1.29, 1.82) is 0 Å². The molecule has 30 heavy (non-hydrogen) atoms. The van der Waals surface area contributed by atoms with E-state index < -0.39 is 17.4 Å². The van der Waals surface area contributed by atoms with Crippen LogP contribution in [0.5, 0.6) is 0 Å². The van der Waals surface area contributed by atoms with Crippen molar-refractivity contribution in [2.45, 2.75) is 90.7 Å². The molecule has 0 aliphatic heterocycles. The number of carboxylic acid groups (broad SMARTS) is 1. The van der Waals surface area contributed by atoms with Crippen molar-refractivity contribution in [3.63, 3.8) is 0 Å². The summed E-state index contributed by atoms with van der Waals surface area (Å²) in [5, 5.41) is 12.0. The zero-order chi connectivity index (χ0) is 21.7. The van der Waals surface area contributed by atoms with Crippen molar-refractivity contribution in [2.24, 2.45) is 11.3 Å². The van der Waals surface area contributed by atoms with Gasteiger partial charge in [0.25, 0.3) is 0 Å². The third-order valence-corrected chi connectivity index (χ3v) is 6.28. The fourth-order valence-corrected chi connectivity index (χ4v) is 4.15. The maximum absolute atomic E-state index is 12.0. The van der Waals surface area contributed by atoms with Crippen LogP contribution in [-0.2, 0) is 33.6 Å². The molecule has 0 aromatic carbocycles. The molecule has 2 aliphatic rings. The van der Waals surface area contributed by atoms with Crippen molar-refractivity contribution in [3.8, 4) is 0 Å². The monoisotopic (exact) mass is 416 g/mol. The van der Waals surface area contributed by atoms with E-state index in [1.807, 2.05) is 0 Å². The highest BCUT2D eigenvalue weighted by Crippen LogP contribution is 2.34. The number of aromatic nitrogens is 1. The number of aryl methyl sites for hydroxylation is 3. The number of amides is 1. The first-order chi connectivity index (χ1) is 14.2. The highest BCUT2D eigenvalue weighted by molar-refractivity contribution is 5.86. The van der Waals surface area contributed by atoms with Crippen LogP contribution < -0.4 is 5.32 Å². The Kier molecular flexibility index (Phi) is 7.50. The van der Waals surface area contributed by atoms with Crippen LogP contribution in [0, 0.1) is 11.3 Å². The quantitative estimate of drug-likeness (QED) is 0.641. The molecule has 0 saturated heterocycles. The minimum absolute atomic E-state index is 0.208. The van der Waals surface area contributed by atoms with Crippen LogP contribution in [0.15, 0.2) is 12.1 Å². The summed E-state index contributed by atoms with van der Waals surface area (Å²) < 4.78 is 5.85. The SMILES string of the molecule is CC(C)(C)C(=O)NC(CCOC1CC(CCc2ccc3c(n2)CCCC3)C1)C(=O)O. The number of carboxylic acids is 1. The number of carbonyl (C=O) groups excluding carboxylic acids is 1. The number of nitrogens with one attached hydrogen (secondary N) is 1. The fraction of sp³-hybridized carbons (Fsp3) is 0.708. The summed E-state index contributed by atoms with van der Waals surface area (Å²) in [7, 11) is 0. The van der Waals surface area contributed by atoms with Crippen molar-refractivity contribution in [3.05, 3.63) is 29.1 Å². The second kappa shape index (κ2) is 9.90. The van der Waals surface area contributed by atoms with Gasteiger partial charge in [0.1, 0.15) is 6.04 Å². The second-order valence-electron chi connectivity index (χ2n) is 9.89. The van der Waals surface area contributed by atoms with Gasteiger partial charge in [-0.2, -0.15) is 0 Å². The predicted octanol–water partition coefficient (Wildman–Crippen LogP) is 3.69. The molecule has 2 N–H and O–H groups in total. The molecule has 0 bridgehead atoms. The van der Waals surface area contributed by atoms with Crippen molar-refractivity contribution >= 4 is 11.9 Å². The highest BCUT2D eigenvalue weighted by Gasteiger charge is 2.31. The third-order valence-electron chi connectivity index (χ3n) is 6.28. The lowest BCUT2D eigenvalue weighted by Gasteiger charge is -2.35. The Hall–Kier alpha value is -1.95. The summed E-state index contributed by atoms with van der Waals surface area (Å²) in [5.74, 6) is -0.613. The van der Waals surface area contributed by atoms with Gasteiger partial charge in [-0.05, 0) is 68.9 Å². The Labute approximate surface area is 179 Å². The van der Waals surface area contributed by atoms with E-state index in [0.717, 1.165) is 32.1 Å². The van der Waals surface area contributed by atoms with Crippen LogP contribution >= 0.6 is 0 Å². The number of rotatable bonds is 9. The lowest BCUT2D eigenvalue weighted by atomic mass is 9.79. The van der Waals surface area contributed by atoms with Crippen LogP contribution in [0.25, 0.3) is 0 Å². The van der Waals surface area contributed by atoms with Gasteiger partial charge in [-0.25, -0.2) is 4.79 Å². The number of aliphatic carboxylic acids is 1. The van der Waals surface area contributed by atoms with Gasteiger partial charge in [-0.15, -0.1) is 0 Å². The number of pyridine rings is 1. The summed E-state index contributed by atoms with van der Waals surface area (Å²) in [4.78, 5) is 28.3. The van der Waals surface area contributed by atoms with Gasteiger partial charge >= 0.3 is 5.97 Å². The third kappa shape index (κ3) is 6.27. The van der Waals surface area contributed by atoms with Crippen LogP contribution in [0.3, 0.4) is 0 Å². The molecule has 0 radical (unpaired) electrons. The smallest absolute Gasteiger partial charge is 0.326 e. The Morgan fingerprint density at radius 3 is 2.67 bits per heavy atom. The second-order valence-corrected chi connectivity index (χ2v) is 9.89. The molecule has 1 heterocycles. The lowest BCUT2D eigenvalue weighted by Crippen LogP contribution is -2.46. The average Bonchev–Trinajstić information content (AvgIpc) is 2.66. The van der Waals surface area contributed by atoms with Gasteiger partial charge in [0, 0.05) is 29.8 Å². The summed E-state index contributed by atoms with van der Waals surface area (Å²) in [6, 6.07) is 3.55. The largest absolute Gasteiger partial charge is 0.480 e. The first-order valence-corrected chi connectivity index (χ1v) is 11.4. The first-order valence-electron chi connectivity index (χ1n) is 11.4. The van der Waals surface area contributed by atoms with Crippen LogP contribution in [0.1, 0.15) is 76.2 Å². The molecule has 3 rings (SSSR count).